The van der Waals surface area contributed by atoms with Crippen LogP contribution in [0.15, 0.2) is 29.2 Å². The number of rotatable bonds is 6. The van der Waals surface area contributed by atoms with Gasteiger partial charge in [-0.3, -0.25) is 4.79 Å². The Morgan fingerprint density at radius 2 is 2.11 bits per heavy atom. The maximum absolute atomic E-state index is 12.0. The van der Waals surface area contributed by atoms with Crippen molar-refractivity contribution in [3.05, 3.63) is 29.8 Å². The van der Waals surface area contributed by atoms with Crippen molar-refractivity contribution in [2.24, 2.45) is 0 Å². The molecule has 1 aromatic rings. The number of sulfonamides is 1. The number of ketones is 1. The number of Topliss-reactive ketones (excluding diaryl/α,β-unsaturated/α-hetero) is 1. The molecule has 0 aliphatic rings. The quantitative estimate of drug-likeness (QED) is 0.789. The van der Waals surface area contributed by atoms with E-state index in [0.717, 1.165) is 0 Å². The lowest BCUT2D eigenvalue weighted by molar-refractivity contribution is 0.101. The van der Waals surface area contributed by atoms with Gasteiger partial charge in [0, 0.05) is 18.7 Å². The molecule has 0 bridgehead atoms. The molecule has 1 atom stereocenters. The van der Waals surface area contributed by atoms with E-state index in [1.165, 1.54) is 26.2 Å². The monoisotopic (exact) mass is 271 g/mol. The SMILES string of the molecule is COC[C@H](C)NS(=O)(=O)c1cccc(C(C)=O)c1. The van der Waals surface area contributed by atoms with Gasteiger partial charge in [0.1, 0.15) is 0 Å². The standard InChI is InChI=1S/C12H17NO4S/c1-9(8-17-3)13-18(15,16)12-6-4-5-11(7-12)10(2)14/h4-7,9,13H,8H2,1-3H3/t9-/m0/s1. The fourth-order valence-corrected chi connectivity index (χ4v) is 2.77. The molecule has 100 valence electrons. The van der Waals surface area contributed by atoms with E-state index >= 15 is 0 Å². The van der Waals surface area contributed by atoms with E-state index in [1.54, 1.807) is 19.1 Å². The van der Waals surface area contributed by atoms with Gasteiger partial charge in [-0.15, -0.1) is 0 Å². The number of carbonyl (C=O) groups excluding carboxylic acids is 1. The van der Waals surface area contributed by atoms with Crippen LogP contribution in [-0.2, 0) is 14.8 Å². The third-order valence-electron chi connectivity index (χ3n) is 2.32. The van der Waals surface area contributed by atoms with E-state index in [1.807, 2.05) is 0 Å². The first-order chi connectivity index (χ1) is 8.36. The van der Waals surface area contributed by atoms with Crippen LogP contribution in [-0.4, -0.2) is 34.0 Å². The third kappa shape index (κ3) is 3.90. The van der Waals surface area contributed by atoms with Crippen molar-refractivity contribution in [2.45, 2.75) is 24.8 Å². The summed E-state index contributed by atoms with van der Waals surface area (Å²) >= 11 is 0. The van der Waals surface area contributed by atoms with E-state index < -0.39 is 10.0 Å². The van der Waals surface area contributed by atoms with Crippen molar-refractivity contribution in [3.63, 3.8) is 0 Å². The molecule has 0 saturated carbocycles. The molecule has 0 aliphatic carbocycles. The summed E-state index contributed by atoms with van der Waals surface area (Å²) < 4.78 is 31.4. The van der Waals surface area contributed by atoms with Gasteiger partial charge in [-0.1, -0.05) is 12.1 Å². The van der Waals surface area contributed by atoms with Gasteiger partial charge in [0.2, 0.25) is 10.0 Å². The minimum Gasteiger partial charge on any atom is -0.383 e. The highest BCUT2D eigenvalue weighted by molar-refractivity contribution is 7.89. The average molecular weight is 271 g/mol. The first kappa shape index (κ1) is 14.8. The predicted octanol–water partition coefficient (Wildman–Crippen LogP) is 1.20. The molecular formula is C12H17NO4S. The number of methoxy groups -OCH3 is 1. The number of hydrogen-bond donors (Lipinski definition) is 1. The smallest absolute Gasteiger partial charge is 0.240 e. The highest BCUT2D eigenvalue weighted by Crippen LogP contribution is 2.12. The molecule has 0 amide bonds. The summed E-state index contributed by atoms with van der Waals surface area (Å²) in [6.45, 7) is 3.38. The summed E-state index contributed by atoms with van der Waals surface area (Å²) in [5.74, 6) is -0.169. The van der Waals surface area contributed by atoms with E-state index in [9.17, 15) is 13.2 Å². The van der Waals surface area contributed by atoms with Crippen LogP contribution in [0.5, 0.6) is 0 Å². The second-order valence-electron chi connectivity index (χ2n) is 4.06. The number of nitrogens with one attached hydrogen (secondary N) is 1. The minimum absolute atomic E-state index is 0.0816. The highest BCUT2D eigenvalue weighted by atomic mass is 32.2. The number of ether oxygens (including phenoxy) is 1. The Kier molecular flexibility index (Phi) is 5.01. The lowest BCUT2D eigenvalue weighted by Gasteiger charge is -2.13. The average Bonchev–Trinajstić information content (AvgIpc) is 2.28. The Morgan fingerprint density at radius 3 is 2.67 bits per heavy atom. The zero-order valence-corrected chi connectivity index (χ0v) is 11.5. The maximum atomic E-state index is 12.0. The summed E-state index contributed by atoms with van der Waals surface area (Å²) in [5, 5.41) is 0. The maximum Gasteiger partial charge on any atom is 0.240 e. The van der Waals surface area contributed by atoms with Crippen LogP contribution in [0.4, 0.5) is 0 Å². The van der Waals surface area contributed by atoms with E-state index in [4.69, 9.17) is 4.74 Å². The molecule has 6 heteroatoms. The molecule has 0 aliphatic heterocycles. The Hall–Kier alpha value is -1.24. The summed E-state index contributed by atoms with van der Waals surface area (Å²) in [5.41, 5.74) is 0.372. The van der Waals surface area contributed by atoms with Gasteiger partial charge in [-0.2, -0.15) is 0 Å². The molecule has 0 saturated heterocycles. The van der Waals surface area contributed by atoms with E-state index in [-0.39, 0.29) is 23.3 Å². The van der Waals surface area contributed by atoms with Gasteiger partial charge in [0.15, 0.2) is 5.78 Å². The number of benzene rings is 1. The van der Waals surface area contributed by atoms with E-state index in [2.05, 4.69) is 4.72 Å². The largest absolute Gasteiger partial charge is 0.383 e. The van der Waals surface area contributed by atoms with Gasteiger partial charge in [0.25, 0.3) is 0 Å². The minimum atomic E-state index is -3.62. The highest BCUT2D eigenvalue weighted by Gasteiger charge is 2.18. The molecule has 0 fully saturated rings. The topological polar surface area (TPSA) is 72.5 Å². The number of hydrogen-bond acceptors (Lipinski definition) is 4. The van der Waals surface area contributed by atoms with Gasteiger partial charge in [-0.25, -0.2) is 13.1 Å². The fourth-order valence-electron chi connectivity index (χ4n) is 1.50. The zero-order valence-electron chi connectivity index (χ0n) is 10.6. The van der Waals surface area contributed by atoms with Crippen LogP contribution in [0, 0.1) is 0 Å². The van der Waals surface area contributed by atoms with Gasteiger partial charge < -0.3 is 4.74 Å². The second kappa shape index (κ2) is 6.08. The zero-order chi connectivity index (χ0) is 13.8. The first-order valence-electron chi connectivity index (χ1n) is 5.49. The summed E-state index contributed by atoms with van der Waals surface area (Å²) in [6, 6.07) is 5.62. The van der Waals surface area contributed by atoms with Crippen LogP contribution in [0.3, 0.4) is 0 Å². The lowest BCUT2D eigenvalue weighted by atomic mass is 10.2. The molecule has 1 rings (SSSR count). The fraction of sp³-hybridized carbons (Fsp3) is 0.417. The molecule has 1 aromatic carbocycles. The van der Waals surface area contributed by atoms with Gasteiger partial charge in [-0.05, 0) is 26.0 Å². The van der Waals surface area contributed by atoms with Crippen LogP contribution in [0.2, 0.25) is 0 Å². The van der Waals surface area contributed by atoms with Gasteiger partial charge >= 0.3 is 0 Å². The van der Waals surface area contributed by atoms with Crippen molar-refractivity contribution < 1.29 is 17.9 Å². The van der Waals surface area contributed by atoms with Crippen molar-refractivity contribution in [3.8, 4) is 0 Å². The van der Waals surface area contributed by atoms with E-state index in [0.29, 0.717) is 5.56 Å². The molecule has 18 heavy (non-hydrogen) atoms. The number of carbonyl (C=O) groups is 1. The van der Waals surface area contributed by atoms with Gasteiger partial charge in [0.05, 0.1) is 11.5 Å². The lowest BCUT2D eigenvalue weighted by Crippen LogP contribution is -2.35. The third-order valence-corrected chi connectivity index (χ3v) is 3.91. The Bertz CT molecular complexity index is 525. The second-order valence-corrected chi connectivity index (χ2v) is 5.78. The summed E-state index contributed by atoms with van der Waals surface area (Å²) in [7, 11) is -2.12. The molecule has 0 unspecified atom stereocenters. The van der Waals surface area contributed by atoms with Crippen molar-refractivity contribution in [1.82, 2.24) is 4.72 Å². The normalized spacial score (nSPS) is 13.3. The summed E-state index contributed by atoms with van der Waals surface area (Å²) in [4.78, 5) is 11.3. The molecule has 1 N–H and O–H groups in total. The predicted molar refractivity (Wildman–Crippen MR) is 68.1 cm³/mol. The van der Waals surface area contributed by atoms with Crippen molar-refractivity contribution >= 4 is 15.8 Å². The molecule has 0 spiro atoms. The van der Waals surface area contributed by atoms with Crippen LogP contribution < -0.4 is 4.72 Å². The molecule has 0 radical (unpaired) electrons. The van der Waals surface area contributed by atoms with Crippen LogP contribution >= 0.6 is 0 Å². The Labute approximate surface area is 107 Å². The van der Waals surface area contributed by atoms with Crippen molar-refractivity contribution in [1.29, 1.82) is 0 Å². The van der Waals surface area contributed by atoms with Crippen LogP contribution in [0.1, 0.15) is 24.2 Å². The molecule has 5 nitrogen and oxygen atoms in total. The van der Waals surface area contributed by atoms with Crippen LogP contribution in [0.25, 0.3) is 0 Å². The van der Waals surface area contributed by atoms with Crippen molar-refractivity contribution in [2.75, 3.05) is 13.7 Å². The molecule has 0 aromatic heterocycles. The molecule has 0 heterocycles. The Balaban J connectivity index is 2.98. The Morgan fingerprint density at radius 1 is 1.44 bits per heavy atom. The molecular weight excluding hydrogens is 254 g/mol. The summed E-state index contributed by atoms with van der Waals surface area (Å²) in [6.07, 6.45) is 0. The first-order valence-corrected chi connectivity index (χ1v) is 6.97.